The Morgan fingerprint density at radius 2 is 1.85 bits per heavy atom. The first-order valence-corrected chi connectivity index (χ1v) is 6.52. The second kappa shape index (κ2) is 5.28. The molecule has 0 spiro atoms. The average Bonchev–Trinajstić information content (AvgIpc) is 2.83. The molecule has 8 heteroatoms. The van der Waals surface area contributed by atoms with Crippen molar-refractivity contribution in [1.82, 2.24) is 15.0 Å². The van der Waals surface area contributed by atoms with Gasteiger partial charge in [0.1, 0.15) is 4.88 Å². The molecule has 0 bridgehead atoms. The summed E-state index contributed by atoms with van der Waals surface area (Å²) in [7, 11) is 0. The van der Waals surface area contributed by atoms with Crippen LogP contribution in [0.15, 0.2) is 18.5 Å². The van der Waals surface area contributed by atoms with E-state index in [0.717, 1.165) is 0 Å². The number of rotatable bonds is 3. The van der Waals surface area contributed by atoms with Crippen LogP contribution in [-0.4, -0.2) is 20.7 Å². The molecule has 0 aliphatic heterocycles. The smallest absolute Gasteiger partial charge is 0.293 e. The number of halogens is 3. The van der Waals surface area contributed by atoms with E-state index in [0.29, 0.717) is 11.3 Å². The first-order valence-electron chi connectivity index (χ1n) is 5.70. The number of carbonyl (C=O) groups is 1. The van der Waals surface area contributed by atoms with Gasteiger partial charge in [-0.05, 0) is 6.07 Å². The fourth-order valence-electron chi connectivity index (χ4n) is 1.45. The van der Waals surface area contributed by atoms with Gasteiger partial charge in [-0.2, -0.15) is 13.2 Å². The van der Waals surface area contributed by atoms with E-state index in [1.54, 1.807) is 19.9 Å². The lowest BCUT2D eigenvalue weighted by molar-refractivity contribution is -0.141. The largest absolute Gasteiger partial charge is 0.434 e. The molecule has 2 heterocycles. The van der Waals surface area contributed by atoms with Crippen molar-refractivity contribution in [2.75, 3.05) is 0 Å². The maximum Gasteiger partial charge on any atom is 0.434 e. The van der Waals surface area contributed by atoms with Gasteiger partial charge < -0.3 is 0 Å². The molecule has 2 rings (SSSR count). The summed E-state index contributed by atoms with van der Waals surface area (Å²) >= 11 is 0.670. The van der Waals surface area contributed by atoms with Crippen molar-refractivity contribution >= 4 is 17.1 Å². The van der Waals surface area contributed by atoms with Crippen LogP contribution in [0.4, 0.5) is 13.2 Å². The molecule has 0 fully saturated rings. The zero-order valence-electron chi connectivity index (χ0n) is 10.6. The van der Waals surface area contributed by atoms with Gasteiger partial charge in [0, 0.05) is 18.3 Å². The number of thiazole rings is 1. The third-order valence-corrected chi connectivity index (χ3v) is 3.47. The van der Waals surface area contributed by atoms with Gasteiger partial charge in [-0.1, -0.05) is 13.8 Å². The van der Waals surface area contributed by atoms with E-state index in [4.69, 9.17) is 0 Å². The Bertz CT molecular complexity index is 623. The van der Waals surface area contributed by atoms with Gasteiger partial charge >= 0.3 is 6.18 Å². The molecular formula is C12H10F3N3OS. The van der Waals surface area contributed by atoms with Crippen LogP contribution in [0.3, 0.4) is 0 Å². The molecule has 0 atom stereocenters. The molecule has 0 radical (unpaired) electrons. The van der Waals surface area contributed by atoms with E-state index in [1.807, 2.05) is 0 Å². The summed E-state index contributed by atoms with van der Waals surface area (Å²) in [5.74, 6) is -1.05. The van der Waals surface area contributed by atoms with Gasteiger partial charge in [0.05, 0.1) is 0 Å². The molecule has 0 N–H and O–H groups in total. The van der Waals surface area contributed by atoms with E-state index in [1.165, 1.54) is 12.4 Å². The lowest BCUT2D eigenvalue weighted by Gasteiger charge is -2.06. The SMILES string of the molecule is CC(C)C(=O)c1sc(-c2ncccn2)nc1C(F)(F)F. The van der Waals surface area contributed by atoms with Crippen molar-refractivity contribution in [1.29, 1.82) is 0 Å². The number of nitrogens with zero attached hydrogens (tertiary/aromatic N) is 3. The number of ketones is 1. The van der Waals surface area contributed by atoms with Gasteiger partial charge in [-0.15, -0.1) is 11.3 Å². The standard InChI is InChI=1S/C12H10F3N3OS/c1-6(2)7(19)8-9(12(13,14)15)18-11(20-8)10-16-4-3-5-17-10/h3-6H,1-2H3. The van der Waals surface area contributed by atoms with Crippen LogP contribution in [0.2, 0.25) is 0 Å². The Labute approximate surface area is 116 Å². The Balaban J connectivity index is 2.56. The van der Waals surface area contributed by atoms with E-state index < -0.39 is 28.4 Å². The quantitative estimate of drug-likeness (QED) is 0.815. The second-order valence-electron chi connectivity index (χ2n) is 4.29. The summed E-state index contributed by atoms with van der Waals surface area (Å²) in [5, 5.41) is -0.0121. The van der Waals surface area contributed by atoms with Crippen LogP contribution in [-0.2, 0) is 6.18 Å². The van der Waals surface area contributed by atoms with Crippen molar-refractivity contribution in [2.24, 2.45) is 5.92 Å². The lowest BCUT2D eigenvalue weighted by atomic mass is 10.1. The zero-order valence-corrected chi connectivity index (χ0v) is 11.4. The van der Waals surface area contributed by atoms with Gasteiger partial charge in [0.25, 0.3) is 0 Å². The summed E-state index contributed by atoms with van der Waals surface area (Å²) in [5.41, 5.74) is -1.16. The molecular weight excluding hydrogens is 291 g/mol. The average molecular weight is 301 g/mol. The van der Waals surface area contributed by atoms with E-state index in [9.17, 15) is 18.0 Å². The molecule has 2 aromatic rings. The van der Waals surface area contributed by atoms with E-state index in [2.05, 4.69) is 15.0 Å². The third-order valence-electron chi connectivity index (χ3n) is 2.40. The molecule has 2 aromatic heterocycles. The minimum Gasteiger partial charge on any atom is -0.293 e. The van der Waals surface area contributed by atoms with Crippen LogP contribution in [0.25, 0.3) is 10.8 Å². The number of hydrogen-bond acceptors (Lipinski definition) is 5. The third kappa shape index (κ3) is 2.84. The second-order valence-corrected chi connectivity index (χ2v) is 5.28. The molecule has 0 aliphatic carbocycles. The van der Waals surface area contributed by atoms with Gasteiger partial charge in [0.15, 0.2) is 22.3 Å². The molecule has 0 aliphatic rings. The number of alkyl halides is 3. The van der Waals surface area contributed by atoms with Gasteiger partial charge in [0.2, 0.25) is 0 Å². The number of carbonyl (C=O) groups excluding carboxylic acids is 1. The number of Topliss-reactive ketones (excluding diaryl/α,β-unsaturated/α-hetero) is 1. The van der Waals surface area contributed by atoms with Crippen molar-refractivity contribution < 1.29 is 18.0 Å². The first-order chi connectivity index (χ1) is 9.30. The summed E-state index contributed by atoms with van der Waals surface area (Å²) in [6.45, 7) is 3.09. The normalized spacial score (nSPS) is 11.9. The Morgan fingerprint density at radius 3 is 2.35 bits per heavy atom. The summed E-state index contributed by atoms with van der Waals surface area (Å²) < 4.78 is 38.9. The highest BCUT2D eigenvalue weighted by atomic mass is 32.1. The maximum atomic E-state index is 13.0. The Hall–Kier alpha value is -1.83. The van der Waals surface area contributed by atoms with Crippen LogP contribution in [0.5, 0.6) is 0 Å². The van der Waals surface area contributed by atoms with Crippen LogP contribution in [0, 0.1) is 5.92 Å². The van der Waals surface area contributed by atoms with Crippen LogP contribution in [0.1, 0.15) is 29.2 Å². The first kappa shape index (κ1) is 14.6. The van der Waals surface area contributed by atoms with E-state index in [-0.39, 0.29) is 10.8 Å². The molecule has 20 heavy (non-hydrogen) atoms. The van der Waals surface area contributed by atoms with Gasteiger partial charge in [-0.25, -0.2) is 15.0 Å². The molecule has 0 unspecified atom stereocenters. The van der Waals surface area contributed by atoms with Crippen molar-refractivity contribution in [2.45, 2.75) is 20.0 Å². The van der Waals surface area contributed by atoms with Crippen molar-refractivity contribution in [3.05, 3.63) is 29.0 Å². The predicted octanol–water partition coefficient (Wildman–Crippen LogP) is 3.46. The number of hydrogen-bond donors (Lipinski definition) is 0. The number of aromatic nitrogens is 3. The fourth-order valence-corrected chi connectivity index (χ4v) is 2.57. The summed E-state index contributed by atoms with van der Waals surface area (Å²) in [6, 6.07) is 1.54. The monoisotopic (exact) mass is 301 g/mol. The summed E-state index contributed by atoms with van der Waals surface area (Å²) in [4.78, 5) is 22.7. The highest BCUT2D eigenvalue weighted by Crippen LogP contribution is 2.37. The predicted molar refractivity (Wildman–Crippen MR) is 67.3 cm³/mol. The minimum atomic E-state index is -4.68. The van der Waals surface area contributed by atoms with E-state index >= 15 is 0 Å². The summed E-state index contributed by atoms with van der Waals surface area (Å²) in [6.07, 6.45) is -1.87. The molecule has 0 saturated carbocycles. The molecule has 0 aromatic carbocycles. The highest BCUT2D eigenvalue weighted by molar-refractivity contribution is 7.17. The Morgan fingerprint density at radius 1 is 1.25 bits per heavy atom. The van der Waals surface area contributed by atoms with Crippen molar-refractivity contribution in [3.63, 3.8) is 0 Å². The minimum absolute atomic E-state index is 0.0121. The Kier molecular flexibility index (Phi) is 3.85. The van der Waals surface area contributed by atoms with Gasteiger partial charge in [-0.3, -0.25) is 4.79 Å². The molecule has 4 nitrogen and oxygen atoms in total. The van der Waals surface area contributed by atoms with Crippen LogP contribution < -0.4 is 0 Å². The van der Waals surface area contributed by atoms with Crippen molar-refractivity contribution in [3.8, 4) is 10.8 Å². The zero-order chi connectivity index (χ0) is 14.9. The van der Waals surface area contributed by atoms with Crippen LogP contribution >= 0.6 is 11.3 Å². The lowest BCUT2D eigenvalue weighted by Crippen LogP contribution is -2.14. The topological polar surface area (TPSA) is 55.7 Å². The maximum absolute atomic E-state index is 13.0. The molecule has 106 valence electrons. The molecule has 0 saturated heterocycles. The highest BCUT2D eigenvalue weighted by Gasteiger charge is 2.40. The fraction of sp³-hybridized carbons (Fsp3) is 0.333. The molecule has 0 amide bonds.